The molecule has 2 rings (SSSR count). The van der Waals surface area contributed by atoms with E-state index >= 15 is 0 Å². The molecule has 0 aliphatic rings. The van der Waals surface area contributed by atoms with E-state index in [1.165, 1.54) is 4.90 Å². The Hall–Kier alpha value is -2.58. The van der Waals surface area contributed by atoms with Gasteiger partial charge < -0.3 is 10.2 Å². The monoisotopic (exact) mass is 521 g/mol. The van der Waals surface area contributed by atoms with Crippen LogP contribution in [-0.2, 0) is 31.6 Å². The summed E-state index contributed by atoms with van der Waals surface area (Å²) in [5, 5.41) is 3.27. The first-order valence-electron chi connectivity index (χ1n) is 11.5. The van der Waals surface area contributed by atoms with Crippen LogP contribution in [-0.4, -0.2) is 50.0 Å². The highest BCUT2D eigenvalue weighted by molar-refractivity contribution is 7.92. The highest BCUT2D eigenvalue weighted by Gasteiger charge is 2.30. The number of nitrogens with zero attached hydrogens (tertiary/aromatic N) is 2. The molecule has 7 nitrogen and oxygen atoms in total. The van der Waals surface area contributed by atoms with E-state index in [0.717, 1.165) is 16.1 Å². The molecule has 1 N–H and O–H groups in total. The molecule has 0 bridgehead atoms. The molecule has 0 aromatic heterocycles. The Balaban J connectivity index is 2.41. The van der Waals surface area contributed by atoms with Gasteiger partial charge in [-0.1, -0.05) is 62.7 Å². The highest BCUT2D eigenvalue weighted by Crippen LogP contribution is 2.26. The maximum atomic E-state index is 13.5. The molecule has 2 aromatic rings. The van der Waals surface area contributed by atoms with Crippen molar-refractivity contribution in [3.63, 3.8) is 0 Å². The molecular weight excluding hydrogens is 486 g/mol. The number of hydrogen-bond acceptors (Lipinski definition) is 4. The molecule has 192 valence electrons. The number of nitrogens with one attached hydrogen (secondary N) is 1. The summed E-state index contributed by atoms with van der Waals surface area (Å²) in [6.45, 7) is 11.1. The van der Waals surface area contributed by atoms with Gasteiger partial charge in [-0.05, 0) is 55.5 Å². The van der Waals surface area contributed by atoms with Crippen LogP contribution in [0.15, 0.2) is 48.5 Å². The summed E-state index contributed by atoms with van der Waals surface area (Å²) in [7, 11) is -3.78. The fourth-order valence-electron chi connectivity index (χ4n) is 3.54. The molecule has 0 spiro atoms. The summed E-state index contributed by atoms with van der Waals surface area (Å²) in [5.74, 6) is -0.845. The number of halogens is 1. The molecule has 2 aromatic carbocycles. The second kappa shape index (κ2) is 11.4. The van der Waals surface area contributed by atoms with E-state index in [4.69, 9.17) is 11.6 Å². The van der Waals surface area contributed by atoms with Gasteiger partial charge in [0.25, 0.3) is 0 Å². The molecule has 0 aliphatic carbocycles. The third kappa shape index (κ3) is 7.97. The lowest BCUT2D eigenvalue weighted by atomic mass is 9.87. The number of rotatable bonds is 9. The van der Waals surface area contributed by atoms with Crippen molar-refractivity contribution in [3.05, 3.63) is 64.7 Å². The zero-order chi connectivity index (χ0) is 26.6. The van der Waals surface area contributed by atoms with Gasteiger partial charge in [0.2, 0.25) is 21.8 Å². The average Bonchev–Trinajstić information content (AvgIpc) is 2.74. The molecular formula is C26H36ClN3O4S. The summed E-state index contributed by atoms with van der Waals surface area (Å²) >= 11 is 6.32. The molecule has 0 radical (unpaired) electrons. The Kier molecular flexibility index (Phi) is 9.36. The van der Waals surface area contributed by atoms with Crippen LogP contribution in [0.3, 0.4) is 0 Å². The third-order valence-electron chi connectivity index (χ3n) is 5.60. The highest BCUT2D eigenvalue weighted by atomic mass is 35.5. The first-order valence-corrected chi connectivity index (χ1v) is 13.8. The van der Waals surface area contributed by atoms with Crippen molar-refractivity contribution < 1.29 is 18.0 Å². The van der Waals surface area contributed by atoms with E-state index < -0.39 is 28.5 Å². The zero-order valence-electron chi connectivity index (χ0n) is 21.5. The third-order valence-corrected chi connectivity index (χ3v) is 7.11. The van der Waals surface area contributed by atoms with E-state index in [2.05, 4.69) is 26.1 Å². The number of anilines is 1. The Morgan fingerprint density at radius 2 is 1.57 bits per heavy atom. The van der Waals surface area contributed by atoms with Crippen LogP contribution in [0.5, 0.6) is 0 Å². The van der Waals surface area contributed by atoms with Gasteiger partial charge in [-0.15, -0.1) is 0 Å². The van der Waals surface area contributed by atoms with E-state index in [9.17, 15) is 18.0 Å². The normalized spacial score (nSPS) is 12.8. The largest absolute Gasteiger partial charge is 0.352 e. The number of amides is 2. The SMILES string of the molecule is CC(C)NC(=O)[C@@H](C)N(Cc1ccccc1Cl)C(=O)CN(c1ccc(C(C)(C)C)cc1)S(C)(=O)=O. The summed E-state index contributed by atoms with van der Waals surface area (Å²) < 4.78 is 26.4. The average molecular weight is 522 g/mol. The quantitative estimate of drug-likeness (QED) is 0.531. The smallest absolute Gasteiger partial charge is 0.244 e. The number of carbonyl (C=O) groups excluding carboxylic acids is 2. The van der Waals surface area contributed by atoms with Crippen LogP contribution >= 0.6 is 11.6 Å². The van der Waals surface area contributed by atoms with Crippen LogP contribution in [0, 0.1) is 0 Å². The Morgan fingerprint density at radius 3 is 2.06 bits per heavy atom. The molecule has 0 fully saturated rings. The predicted molar refractivity (Wildman–Crippen MR) is 142 cm³/mol. The summed E-state index contributed by atoms with van der Waals surface area (Å²) in [6, 6.07) is 13.2. The van der Waals surface area contributed by atoms with Gasteiger partial charge in [-0.25, -0.2) is 8.42 Å². The Bertz CT molecular complexity index is 1140. The van der Waals surface area contributed by atoms with E-state index in [0.29, 0.717) is 16.3 Å². The van der Waals surface area contributed by atoms with Crippen molar-refractivity contribution >= 4 is 39.1 Å². The van der Waals surface area contributed by atoms with Gasteiger partial charge >= 0.3 is 0 Å². The van der Waals surface area contributed by atoms with Crippen molar-refractivity contribution in [2.45, 2.75) is 65.6 Å². The molecule has 1 atom stereocenters. The topological polar surface area (TPSA) is 86.8 Å². The van der Waals surface area contributed by atoms with Crippen molar-refractivity contribution in [3.8, 4) is 0 Å². The van der Waals surface area contributed by atoms with Crippen LogP contribution in [0.25, 0.3) is 0 Å². The maximum Gasteiger partial charge on any atom is 0.244 e. The molecule has 35 heavy (non-hydrogen) atoms. The second-order valence-electron chi connectivity index (χ2n) is 10.0. The molecule has 0 saturated heterocycles. The first kappa shape index (κ1) is 28.7. The fraction of sp³-hybridized carbons (Fsp3) is 0.462. The number of sulfonamides is 1. The first-order chi connectivity index (χ1) is 16.1. The molecule has 0 heterocycles. The minimum atomic E-state index is -3.78. The van der Waals surface area contributed by atoms with Gasteiger partial charge in [0.05, 0.1) is 11.9 Å². The van der Waals surface area contributed by atoms with E-state index in [-0.39, 0.29) is 23.9 Å². The number of benzene rings is 2. The summed E-state index contributed by atoms with van der Waals surface area (Å²) in [5.41, 5.74) is 1.98. The van der Waals surface area contributed by atoms with Crippen LogP contribution in [0.2, 0.25) is 5.02 Å². The number of hydrogen-bond donors (Lipinski definition) is 1. The van der Waals surface area contributed by atoms with E-state index in [1.807, 2.05) is 26.0 Å². The van der Waals surface area contributed by atoms with Gasteiger partial charge in [0, 0.05) is 17.6 Å². The molecule has 0 saturated carbocycles. The molecule has 9 heteroatoms. The van der Waals surface area contributed by atoms with Gasteiger partial charge in [0.15, 0.2) is 0 Å². The van der Waals surface area contributed by atoms with Crippen LogP contribution in [0.1, 0.15) is 52.7 Å². The lowest BCUT2D eigenvalue weighted by Gasteiger charge is -2.32. The standard InChI is InChI=1S/C26H36ClN3O4S/c1-18(2)28-25(32)19(3)29(16-20-10-8-9-11-23(20)27)24(31)17-30(35(7,33)34)22-14-12-21(13-15-22)26(4,5)6/h8-15,18-19H,16-17H2,1-7H3,(H,28,32)/t19-/m1/s1. The van der Waals surface area contributed by atoms with E-state index in [1.54, 1.807) is 43.3 Å². The minimum Gasteiger partial charge on any atom is -0.352 e. The minimum absolute atomic E-state index is 0.0613. The molecule has 0 aliphatic heterocycles. The number of carbonyl (C=O) groups is 2. The lowest BCUT2D eigenvalue weighted by molar-refractivity contribution is -0.139. The zero-order valence-corrected chi connectivity index (χ0v) is 23.1. The fourth-order valence-corrected chi connectivity index (χ4v) is 4.58. The van der Waals surface area contributed by atoms with Crippen LogP contribution in [0.4, 0.5) is 5.69 Å². The van der Waals surface area contributed by atoms with Gasteiger partial charge in [-0.2, -0.15) is 0 Å². The molecule has 0 unspecified atom stereocenters. The maximum absolute atomic E-state index is 13.5. The van der Waals surface area contributed by atoms with Crippen molar-refractivity contribution in [1.29, 1.82) is 0 Å². The van der Waals surface area contributed by atoms with Crippen LogP contribution < -0.4 is 9.62 Å². The summed E-state index contributed by atoms with van der Waals surface area (Å²) in [6.07, 6.45) is 1.06. The molecule has 2 amide bonds. The second-order valence-corrected chi connectivity index (χ2v) is 12.3. The predicted octanol–water partition coefficient (Wildman–Crippen LogP) is 4.35. The summed E-state index contributed by atoms with van der Waals surface area (Å²) in [4.78, 5) is 27.7. The Labute approximate surface area is 214 Å². The van der Waals surface area contributed by atoms with Crippen molar-refractivity contribution in [2.75, 3.05) is 17.1 Å². The van der Waals surface area contributed by atoms with Crippen molar-refractivity contribution in [2.24, 2.45) is 0 Å². The van der Waals surface area contributed by atoms with Gasteiger partial charge in [-0.3, -0.25) is 13.9 Å². The van der Waals surface area contributed by atoms with Gasteiger partial charge in [0.1, 0.15) is 12.6 Å². The lowest BCUT2D eigenvalue weighted by Crippen LogP contribution is -2.52. The Morgan fingerprint density at radius 1 is 1.00 bits per heavy atom. The van der Waals surface area contributed by atoms with Crippen molar-refractivity contribution in [1.82, 2.24) is 10.2 Å².